The molecule has 0 aliphatic rings. The Kier molecular flexibility index (Phi) is 7.28. The zero-order chi connectivity index (χ0) is 20.7. The SMILES string of the molecule is CC(=O)c1cccc(NC(=O)COC(=O)[C@H](C)NC(=O)c2ccc(Cl)cc2)c1. The minimum absolute atomic E-state index is 0.132. The molecule has 8 heteroatoms. The van der Waals surface area contributed by atoms with Gasteiger partial charge in [-0.25, -0.2) is 4.79 Å². The summed E-state index contributed by atoms with van der Waals surface area (Å²) in [5.41, 5.74) is 1.21. The molecule has 0 fully saturated rings. The molecule has 0 radical (unpaired) electrons. The van der Waals surface area contributed by atoms with Gasteiger partial charge in [0.25, 0.3) is 11.8 Å². The summed E-state index contributed by atoms with van der Waals surface area (Å²) in [5, 5.41) is 5.51. The molecule has 146 valence electrons. The number of hydrogen-bond acceptors (Lipinski definition) is 5. The van der Waals surface area contributed by atoms with Gasteiger partial charge in [-0.15, -0.1) is 0 Å². The van der Waals surface area contributed by atoms with Gasteiger partial charge in [0.15, 0.2) is 12.4 Å². The Labute approximate surface area is 167 Å². The van der Waals surface area contributed by atoms with Gasteiger partial charge in [-0.1, -0.05) is 23.7 Å². The second-order valence-electron chi connectivity index (χ2n) is 5.99. The molecule has 2 amide bonds. The Morgan fingerprint density at radius 3 is 2.36 bits per heavy atom. The molecule has 2 aromatic rings. The first-order valence-corrected chi connectivity index (χ1v) is 8.78. The molecule has 0 bridgehead atoms. The summed E-state index contributed by atoms with van der Waals surface area (Å²) in [4.78, 5) is 47.3. The number of esters is 1. The highest BCUT2D eigenvalue weighted by Crippen LogP contribution is 2.11. The molecule has 0 saturated heterocycles. The van der Waals surface area contributed by atoms with E-state index in [0.717, 1.165) is 0 Å². The summed E-state index contributed by atoms with van der Waals surface area (Å²) in [6.07, 6.45) is 0. The van der Waals surface area contributed by atoms with Crippen LogP contribution in [0.2, 0.25) is 5.02 Å². The number of anilines is 1. The highest BCUT2D eigenvalue weighted by atomic mass is 35.5. The number of halogens is 1. The van der Waals surface area contributed by atoms with Gasteiger partial charge in [-0.3, -0.25) is 14.4 Å². The summed E-state index contributed by atoms with van der Waals surface area (Å²) in [6.45, 7) is 2.34. The van der Waals surface area contributed by atoms with E-state index in [2.05, 4.69) is 10.6 Å². The summed E-state index contributed by atoms with van der Waals surface area (Å²) in [5.74, 6) is -1.92. The first-order valence-electron chi connectivity index (χ1n) is 8.40. The summed E-state index contributed by atoms with van der Waals surface area (Å²) >= 11 is 5.77. The van der Waals surface area contributed by atoms with Crippen molar-refractivity contribution >= 4 is 40.9 Å². The number of rotatable bonds is 7. The first kappa shape index (κ1) is 21.1. The lowest BCUT2D eigenvalue weighted by Crippen LogP contribution is -2.40. The van der Waals surface area contributed by atoms with Crippen molar-refractivity contribution in [2.75, 3.05) is 11.9 Å². The van der Waals surface area contributed by atoms with Crippen LogP contribution in [0.1, 0.15) is 34.6 Å². The second-order valence-corrected chi connectivity index (χ2v) is 6.43. The molecule has 0 spiro atoms. The van der Waals surface area contributed by atoms with E-state index in [0.29, 0.717) is 21.8 Å². The summed E-state index contributed by atoms with van der Waals surface area (Å²) in [6, 6.07) is 11.6. The van der Waals surface area contributed by atoms with Gasteiger partial charge in [-0.05, 0) is 50.2 Å². The fraction of sp³-hybridized carbons (Fsp3) is 0.200. The second kappa shape index (κ2) is 9.66. The van der Waals surface area contributed by atoms with Crippen LogP contribution in [-0.2, 0) is 14.3 Å². The van der Waals surface area contributed by atoms with E-state index in [9.17, 15) is 19.2 Å². The van der Waals surface area contributed by atoms with Crippen molar-refractivity contribution in [1.82, 2.24) is 5.32 Å². The molecule has 2 N–H and O–H groups in total. The van der Waals surface area contributed by atoms with Gasteiger partial charge >= 0.3 is 5.97 Å². The van der Waals surface area contributed by atoms with Gasteiger partial charge in [0.2, 0.25) is 0 Å². The van der Waals surface area contributed by atoms with E-state index >= 15 is 0 Å². The number of amides is 2. The monoisotopic (exact) mass is 402 g/mol. The predicted octanol–water partition coefficient (Wildman–Crippen LogP) is 2.84. The molecule has 2 aromatic carbocycles. The molecule has 28 heavy (non-hydrogen) atoms. The van der Waals surface area contributed by atoms with Crippen molar-refractivity contribution in [3.8, 4) is 0 Å². The number of nitrogens with one attached hydrogen (secondary N) is 2. The van der Waals surface area contributed by atoms with Crippen LogP contribution < -0.4 is 10.6 Å². The van der Waals surface area contributed by atoms with Crippen molar-refractivity contribution in [3.63, 3.8) is 0 Å². The number of benzene rings is 2. The third-order valence-electron chi connectivity index (χ3n) is 3.71. The standard InChI is InChI=1S/C20H19ClN2O5/c1-12(22-19(26)14-6-8-16(21)9-7-14)20(27)28-11-18(25)23-17-5-3-4-15(10-17)13(2)24/h3-10,12H,11H2,1-2H3,(H,22,26)(H,23,25)/t12-/m0/s1. The third-order valence-corrected chi connectivity index (χ3v) is 3.96. The Balaban J connectivity index is 1.82. The lowest BCUT2D eigenvalue weighted by atomic mass is 10.1. The van der Waals surface area contributed by atoms with Crippen LogP contribution in [-0.4, -0.2) is 36.2 Å². The smallest absolute Gasteiger partial charge is 0.328 e. The number of carbonyl (C=O) groups excluding carboxylic acids is 4. The van der Waals surface area contributed by atoms with Crippen molar-refractivity contribution < 1.29 is 23.9 Å². The maximum absolute atomic E-state index is 12.1. The number of carbonyl (C=O) groups is 4. The van der Waals surface area contributed by atoms with Crippen LogP contribution in [0.4, 0.5) is 5.69 Å². The number of ether oxygens (including phenoxy) is 1. The van der Waals surface area contributed by atoms with E-state index < -0.39 is 30.4 Å². The van der Waals surface area contributed by atoms with Crippen molar-refractivity contribution in [3.05, 3.63) is 64.7 Å². The van der Waals surface area contributed by atoms with Gasteiger partial charge in [0.1, 0.15) is 6.04 Å². The van der Waals surface area contributed by atoms with E-state index in [-0.39, 0.29) is 5.78 Å². The normalized spacial score (nSPS) is 11.2. The fourth-order valence-corrected chi connectivity index (χ4v) is 2.34. The molecule has 0 heterocycles. The molecule has 0 saturated carbocycles. The summed E-state index contributed by atoms with van der Waals surface area (Å²) in [7, 11) is 0. The molecule has 7 nitrogen and oxygen atoms in total. The lowest BCUT2D eigenvalue weighted by molar-refractivity contribution is -0.148. The molecule has 0 aliphatic carbocycles. The Morgan fingerprint density at radius 1 is 1.04 bits per heavy atom. The van der Waals surface area contributed by atoms with Crippen molar-refractivity contribution in [2.45, 2.75) is 19.9 Å². The van der Waals surface area contributed by atoms with Crippen LogP contribution in [0.15, 0.2) is 48.5 Å². The number of Topliss-reactive ketones (excluding diaryl/α,β-unsaturated/α-hetero) is 1. The van der Waals surface area contributed by atoms with Crippen LogP contribution in [0.5, 0.6) is 0 Å². The average molecular weight is 403 g/mol. The molecule has 0 aliphatic heterocycles. The largest absolute Gasteiger partial charge is 0.454 e. The molecular formula is C20H19ClN2O5. The Bertz CT molecular complexity index is 896. The molecular weight excluding hydrogens is 384 g/mol. The minimum Gasteiger partial charge on any atom is -0.454 e. The molecule has 0 aromatic heterocycles. The minimum atomic E-state index is -0.947. The van der Waals surface area contributed by atoms with E-state index in [4.69, 9.17) is 16.3 Å². The lowest BCUT2D eigenvalue weighted by Gasteiger charge is -2.13. The van der Waals surface area contributed by atoms with Gasteiger partial charge < -0.3 is 15.4 Å². The Hall–Kier alpha value is -3.19. The summed E-state index contributed by atoms with van der Waals surface area (Å²) < 4.78 is 4.92. The van der Waals surface area contributed by atoms with E-state index in [1.807, 2.05) is 0 Å². The van der Waals surface area contributed by atoms with Crippen molar-refractivity contribution in [2.24, 2.45) is 0 Å². The number of ketones is 1. The maximum Gasteiger partial charge on any atom is 0.328 e. The van der Waals surface area contributed by atoms with E-state index in [1.165, 1.54) is 32.0 Å². The predicted molar refractivity (Wildman–Crippen MR) is 104 cm³/mol. The zero-order valence-electron chi connectivity index (χ0n) is 15.3. The quantitative estimate of drug-likeness (QED) is 0.547. The van der Waals surface area contributed by atoms with Gasteiger partial charge in [0.05, 0.1) is 0 Å². The first-order chi connectivity index (χ1) is 13.3. The highest BCUT2D eigenvalue weighted by molar-refractivity contribution is 6.30. The highest BCUT2D eigenvalue weighted by Gasteiger charge is 2.19. The Morgan fingerprint density at radius 2 is 1.71 bits per heavy atom. The van der Waals surface area contributed by atoms with Gasteiger partial charge in [0, 0.05) is 21.8 Å². The zero-order valence-corrected chi connectivity index (χ0v) is 16.1. The molecule has 0 unspecified atom stereocenters. The van der Waals surface area contributed by atoms with Crippen LogP contribution in [0.25, 0.3) is 0 Å². The topological polar surface area (TPSA) is 102 Å². The van der Waals surface area contributed by atoms with Crippen molar-refractivity contribution in [1.29, 1.82) is 0 Å². The van der Waals surface area contributed by atoms with Crippen LogP contribution in [0.3, 0.4) is 0 Å². The maximum atomic E-state index is 12.1. The molecule has 1 atom stereocenters. The third kappa shape index (κ3) is 6.21. The molecule has 2 rings (SSSR count). The van der Waals surface area contributed by atoms with Gasteiger partial charge in [-0.2, -0.15) is 0 Å². The average Bonchev–Trinajstić information content (AvgIpc) is 2.66. The van der Waals surface area contributed by atoms with E-state index in [1.54, 1.807) is 30.3 Å². The van der Waals surface area contributed by atoms with Crippen LogP contribution >= 0.6 is 11.6 Å². The fourth-order valence-electron chi connectivity index (χ4n) is 2.21. The number of hydrogen-bond donors (Lipinski definition) is 2. The van der Waals surface area contributed by atoms with Crippen LogP contribution in [0, 0.1) is 0 Å².